The van der Waals surface area contributed by atoms with E-state index in [1.54, 1.807) is 18.4 Å². The molecule has 2 heterocycles. The number of aryl methyl sites for hydroxylation is 2. The summed E-state index contributed by atoms with van der Waals surface area (Å²) in [6.07, 6.45) is 0.950. The summed E-state index contributed by atoms with van der Waals surface area (Å²) in [6, 6.07) is 4.18. The van der Waals surface area contributed by atoms with Crippen molar-refractivity contribution in [3.05, 3.63) is 39.3 Å². The predicted molar refractivity (Wildman–Crippen MR) is 88.9 cm³/mol. The summed E-state index contributed by atoms with van der Waals surface area (Å²) in [5.74, 6) is 0.836. The number of nitrogens with zero attached hydrogens (tertiary/aromatic N) is 3. The Labute approximate surface area is 130 Å². The number of hydrogen-bond donors (Lipinski definition) is 2. The Morgan fingerprint density at radius 2 is 2.19 bits per heavy atom. The maximum Gasteiger partial charge on any atom is 0.191 e. The molecule has 21 heavy (non-hydrogen) atoms. The average Bonchev–Trinajstić information content (AvgIpc) is 3.06. The molecule has 2 N–H and O–H groups in total. The van der Waals surface area contributed by atoms with Gasteiger partial charge in [-0.2, -0.15) is 5.10 Å². The predicted octanol–water partition coefficient (Wildman–Crippen LogP) is 2.01. The first-order chi connectivity index (χ1) is 10.1. The smallest absolute Gasteiger partial charge is 0.191 e. The van der Waals surface area contributed by atoms with Gasteiger partial charge in [-0.25, -0.2) is 0 Å². The summed E-state index contributed by atoms with van der Waals surface area (Å²) in [5, 5.41) is 13.2. The van der Waals surface area contributed by atoms with Gasteiger partial charge in [-0.1, -0.05) is 6.07 Å². The maximum atomic E-state index is 4.44. The molecular weight excluding hydrogens is 282 g/mol. The Hall–Kier alpha value is -1.82. The second kappa shape index (κ2) is 7.26. The van der Waals surface area contributed by atoms with Gasteiger partial charge in [0.05, 0.1) is 12.2 Å². The van der Waals surface area contributed by atoms with Crippen molar-refractivity contribution in [1.29, 1.82) is 0 Å². The van der Waals surface area contributed by atoms with Gasteiger partial charge in [0.1, 0.15) is 0 Å². The molecule has 0 aliphatic rings. The molecule has 0 saturated carbocycles. The molecule has 0 bridgehead atoms. The standard InChI is InChI=1S/C15H23N5S/c1-11-14(12(2)20(4)19-11)7-8-17-15(16-3)18-10-13-6-5-9-21-13/h5-6,9H,7-8,10H2,1-4H3,(H2,16,17,18). The van der Waals surface area contributed by atoms with Crippen LogP contribution in [0.3, 0.4) is 0 Å². The number of rotatable bonds is 5. The van der Waals surface area contributed by atoms with Crippen LogP contribution in [0.5, 0.6) is 0 Å². The van der Waals surface area contributed by atoms with Gasteiger partial charge in [-0.15, -0.1) is 11.3 Å². The zero-order valence-electron chi connectivity index (χ0n) is 13.1. The zero-order valence-corrected chi connectivity index (χ0v) is 13.9. The fraction of sp³-hybridized carbons (Fsp3) is 0.467. The van der Waals surface area contributed by atoms with Crippen LogP contribution in [0.15, 0.2) is 22.5 Å². The van der Waals surface area contributed by atoms with E-state index in [2.05, 4.69) is 52.1 Å². The Morgan fingerprint density at radius 3 is 2.76 bits per heavy atom. The van der Waals surface area contributed by atoms with E-state index < -0.39 is 0 Å². The fourth-order valence-corrected chi connectivity index (χ4v) is 2.93. The van der Waals surface area contributed by atoms with Gasteiger partial charge >= 0.3 is 0 Å². The van der Waals surface area contributed by atoms with Crippen LogP contribution in [-0.4, -0.2) is 29.3 Å². The fourth-order valence-electron chi connectivity index (χ4n) is 2.29. The van der Waals surface area contributed by atoms with Crippen LogP contribution in [0, 0.1) is 13.8 Å². The lowest BCUT2D eigenvalue weighted by molar-refractivity contribution is 0.729. The average molecular weight is 305 g/mol. The Kier molecular flexibility index (Phi) is 5.38. The minimum absolute atomic E-state index is 0.808. The Bertz CT molecular complexity index is 598. The summed E-state index contributed by atoms with van der Waals surface area (Å²) in [4.78, 5) is 5.55. The second-order valence-corrected chi connectivity index (χ2v) is 5.99. The molecule has 5 nitrogen and oxygen atoms in total. The summed E-state index contributed by atoms with van der Waals surface area (Å²) >= 11 is 1.75. The normalized spacial score (nSPS) is 11.7. The minimum atomic E-state index is 0.808. The lowest BCUT2D eigenvalue weighted by Gasteiger charge is -2.11. The summed E-state index contributed by atoms with van der Waals surface area (Å²) in [7, 11) is 3.78. The van der Waals surface area contributed by atoms with Crippen LogP contribution in [0.4, 0.5) is 0 Å². The molecule has 0 spiro atoms. The van der Waals surface area contributed by atoms with E-state index in [-0.39, 0.29) is 0 Å². The van der Waals surface area contributed by atoms with E-state index in [0.29, 0.717) is 0 Å². The van der Waals surface area contributed by atoms with Gasteiger partial charge < -0.3 is 10.6 Å². The number of nitrogens with one attached hydrogen (secondary N) is 2. The van der Waals surface area contributed by atoms with Crippen LogP contribution in [0.25, 0.3) is 0 Å². The highest BCUT2D eigenvalue weighted by Gasteiger charge is 2.09. The van der Waals surface area contributed by atoms with Gasteiger partial charge in [0, 0.05) is 31.2 Å². The molecule has 2 aromatic rings. The van der Waals surface area contributed by atoms with E-state index in [9.17, 15) is 0 Å². The molecule has 0 fully saturated rings. The van der Waals surface area contributed by atoms with Crippen molar-refractivity contribution in [2.24, 2.45) is 12.0 Å². The third-order valence-corrected chi connectivity index (χ3v) is 4.44. The molecular formula is C15H23N5S. The zero-order chi connectivity index (χ0) is 15.2. The molecule has 0 aromatic carbocycles. The number of hydrogen-bond acceptors (Lipinski definition) is 3. The summed E-state index contributed by atoms with van der Waals surface area (Å²) in [5.41, 5.74) is 3.66. The van der Waals surface area contributed by atoms with Crippen LogP contribution in [0.1, 0.15) is 21.8 Å². The molecule has 2 aromatic heterocycles. The lowest BCUT2D eigenvalue weighted by Crippen LogP contribution is -2.37. The van der Waals surface area contributed by atoms with Crippen molar-refractivity contribution >= 4 is 17.3 Å². The van der Waals surface area contributed by atoms with Crippen molar-refractivity contribution in [3.63, 3.8) is 0 Å². The lowest BCUT2D eigenvalue weighted by atomic mass is 10.1. The van der Waals surface area contributed by atoms with Crippen molar-refractivity contribution in [1.82, 2.24) is 20.4 Å². The van der Waals surface area contributed by atoms with E-state index in [1.165, 1.54) is 16.1 Å². The van der Waals surface area contributed by atoms with Crippen molar-refractivity contribution in [2.45, 2.75) is 26.8 Å². The molecule has 0 radical (unpaired) electrons. The van der Waals surface area contributed by atoms with Crippen molar-refractivity contribution < 1.29 is 0 Å². The molecule has 0 amide bonds. The van der Waals surface area contributed by atoms with Crippen molar-refractivity contribution in [2.75, 3.05) is 13.6 Å². The third kappa shape index (κ3) is 4.07. The Morgan fingerprint density at radius 1 is 1.38 bits per heavy atom. The second-order valence-electron chi connectivity index (χ2n) is 4.95. The van der Waals surface area contributed by atoms with Crippen LogP contribution >= 0.6 is 11.3 Å². The summed E-state index contributed by atoms with van der Waals surface area (Å²) < 4.78 is 1.94. The Balaban J connectivity index is 1.81. The van der Waals surface area contributed by atoms with E-state index in [0.717, 1.165) is 31.2 Å². The van der Waals surface area contributed by atoms with Gasteiger partial charge in [0.15, 0.2) is 5.96 Å². The van der Waals surface area contributed by atoms with Crippen molar-refractivity contribution in [3.8, 4) is 0 Å². The first kappa shape index (κ1) is 15.6. The number of aliphatic imine (C=N–C) groups is 1. The van der Waals surface area contributed by atoms with Gasteiger partial charge in [-0.05, 0) is 37.3 Å². The highest BCUT2D eigenvalue weighted by atomic mass is 32.1. The summed E-state index contributed by atoms with van der Waals surface area (Å²) in [6.45, 7) is 5.82. The quantitative estimate of drug-likeness (QED) is 0.656. The third-order valence-electron chi connectivity index (χ3n) is 3.56. The first-order valence-corrected chi connectivity index (χ1v) is 7.95. The highest BCUT2D eigenvalue weighted by Crippen LogP contribution is 2.11. The van der Waals surface area contributed by atoms with Gasteiger partial charge in [0.25, 0.3) is 0 Å². The molecule has 0 aliphatic carbocycles. The van der Waals surface area contributed by atoms with Crippen LogP contribution in [-0.2, 0) is 20.0 Å². The molecule has 0 aliphatic heterocycles. The SMILES string of the molecule is CN=C(NCCc1c(C)nn(C)c1C)NCc1cccs1. The van der Waals surface area contributed by atoms with Crippen LogP contribution < -0.4 is 10.6 Å². The highest BCUT2D eigenvalue weighted by molar-refractivity contribution is 7.09. The molecule has 0 unspecified atom stereocenters. The molecule has 0 atom stereocenters. The number of aromatic nitrogens is 2. The first-order valence-electron chi connectivity index (χ1n) is 7.07. The topological polar surface area (TPSA) is 54.2 Å². The maximum absolute atomic E-state index is 4.44. The van der Waals surface area contributed by atoms with E-state index >= 15 is 0 Å². The van der Waals surface area contributed by atoms with E-state index in [4.69, 9.17) is 0 Å². The molecule has 114 valence electrons. The molecule has 6 heteroatoms. The van der Waals surface area contributed by atoms with Crippen LogP contribution in [0.2, 0.25) is 0 Å². The number of thiophene rings is 1. The monoisotopic (exact) mass is 305 g/mol. The molecule has 2 rings (SSSR count). The minimum Gasteiger partial charge on any atom is -0.356 e. The largest absolute Gasteiger partial charge is 0.356 e. The van der Waals surface area contributed by atoms with Gasteiger partial charge in [0.2, 0.25) is 0 Å². The van der Waals surface area contributed by atoms with E-state index in [1.807, 2.05) is 11.7 Å². The van der Waals surface area contributed by atoms with Gasteiger partial charge in [-0.3, -0.25) is 9.67 Å². The number of guanidine groups is 1. The molecule has 0 saturated heterocycles.